The second kappa shape index (κ2) is 8.01. The molecule has 1 N–H and O–H groups in total. The first-order valence-corrected chi connectivity index (χ1v) is 7.29. The maximum Gasteiger partial charge on any atom is 0.339 e. The normalized spacial score (nSPS) is 9.96. The number of carbonyl (C=O) groups excluding carboxylic acids is 2. The van der Waals surface area contributed by atoms with E-state index in [9.17, 15) is 9.59 Å². The highest BCUT2D eigenvalue weighted by Gasteiger charge is 2.14. The van der Waals surface area contributed by atoms with Gasteiger partial charge in [0.15, 0.2) is 18.1 Å². The largest absolute Gasteiger partial charge is 0.493 e. The van der Waals surface area contributed by atoms with Crippen molar-refractivity contribution in [1.82, 2.24) is 0 Å². The number of hydrogen-bond acceptors (Lipinski definition) is 5. The first-order valence-electron chi connectivity index (χ1n) is 7.29. The lowest BCUT2D eigenvalue weighted by atomic mass is 10.2. The topological polar surface area (TPSA) is 73.9 Å². The standard InChI is InChI=1S/C18H19NO5/c1-12-8-9-15(16(10-12)22-2)24-11-17(20)19-14-7-5-4-6-13(14)18(21)23-3/h4-10H,11H2,1-3H3,(H,19,20). The molecule has 0 heterocycles. The molecule has 0 saturated carbocycles. The second-order valence-electron chi connectivity index (χ2n) is 5.03. The summed E-state index contributed by atoms with van der Waals surface area (Å²) in [4.78, 5) is 23.8. The molecule has 0 aromatic heterocycles. The molecule has 1 amide bonds. The third kappa shape index (κ3) is 4.25. The van der Waals surface area contributed by atoms with Gasteiger partial charge in [0.25, 0.3) is 5.91 Å². The van der Waals surface area contributed by atoms with Gasteiger partial charge in [-0.05, 0) is 36.8 Å². The molecule has 126 valence electrons. The molecule has 0 fully saturated rings. The monoisotopic (exact) mass is 329 g/mol. The number of nitrogens with one attached hydrogen (secondary N) is 1. The summed E-state index contributed by atoms with van der Waals surface area (Å²) < 4.78 is 15.4. The maximum atomic E-state index is 12.1. The fourth-order valence-corrected chi connectivity index (χ4v) is 2.10. The summed E-state index contributed by atoms with van der Waals surface area (Å²) in [5.41, 5.74) is 1.67. The molecule has 2 aromatic rings. The molecule has 6 nitrogen and oxygen atoms in total. The van der Waals surface area contributed by atoms with E-state index in [1.807, 2.05) is 19.1 Å². The average Bonchev–Trinajstić information content (AvgIpc) is 2.60. The molecule has 0 spiro atoms. The first kappa shape index (κ1) is 17.3. The van der Waals surface area contributed by atoms with E-state index in [-0.39, 0.29) is 12.2 Å². The fourth-order valence-electron chi connectivity index (χ4n) is 2.10. The summed E-state index contributed by atoms with van der Waals surface area (Å²) in [6.07, 6.45) is 0. The van der Waals surface area contributed by atoms with E-state index in [1.54, 1.807) is 30.3 Å². The van der Waals surface area contributed by atoms with Gasteiger partial charge in [-0.2, -0.15) is 0 Å². The summed E-state index contributed by atoms with van der Waals surface area (Å²) in [6, 6.07) is 12.0. The molecule has 0 aliphatic rings. The van der Waals surface area contributed by atoms with Gasteiger partial charge < -0.3 is 19.5 Å². The van der Waals surface area contributed by atoms with Crippen LogP contribution in [-0.2, 0) is 9.53 Å². The second-order valence-corrected chi connectivity index (χ2v) is 5.03. The van der Waals surface area contributed by atoms with Crippen molar-refractivity contribution in [3.8, 4) is 11.5 Å². The van der Waals surface area contributed by atoms with E-state index in [2.05, 4.69) is 5.32 Å². The molecule has 0 aliphatic carbocycles. The number of hydrogen-bond donors (Lipinski definition) is 1. The number of benzene rings is 2. The van der Waals surface area contributed by atoms with Crippen LogP contribution < -0.4 is 14.8 Å². The highest BCUT2D eigenvalue weighted by atomic mass is 16.5. The predicted molar refractivity (Wildman–Crippen MR) is 89.6 cm³/mol. The molecule has 2 aromatic carbocycles. The smallest absolute Gasteiger partial charge is 0.339 e. The van der Waals surface area contributed by atoms with Crippen molar-refractivity contribution in [2.75, 3.05) is 26.1 Å². The van der Waals surface area contributed by atoms with Gasteiger partial charge in [-0.3, -0.25) is 4.79 Å². The summed E-state index contributed by atoms with van der Waals surface area (Å²) in [5, 5.41) is 2.64. The molecule has 0 aliphatic heterocycles. The summed E-state index contributed by atoms with van der Waals surface area (Å²) in [5.74, 6) is 0.110. The highest BCUT2D eigenvalue weighted by Crippen LogP contribution is 2.27. The van der Waals surface area contributed by atoms with Gasteiger partial charge in [0.05, 0.1) is 25.5 Å². The molecule has 2 rings (SSSR count). The van der Waals surface area contributed by atoms with E-state index in [4.69, 9.17) is 14.2 Å². The van der Waals surface area contributed by atoms with Gasteiger partial charge in [-0.1, -0.05) is 18.2 Å². The van der Waals surface area contributed by atoms with Crippen LogP contribution in [0.5, 0.6) is 11.5 Å². The molecular weight excluding hydrogens is 310 g/mol. The van der Waals surface area contributed by atoms with Crippen molar-refractivity contribution in [3.63, 3.8) is 0 Å². The van der Waals surface area contributed by atoms with E-state index >= 15 is 0 Å². The van der Waals surface area contributed by atoms with Gasteiger partial charge >= 0.3 is 5.97 Å². The van der Waals surface area contributed by atoms with Crippen LogP contribution in [0.15, 0.2) is 42.5 Å². The zero-order chi connectivity index (χ0) is 17.5. The summed E-state index contributed by atoms with van der Waals surface area (Å²) in [7, 11) is 2.82. The SMILES string of the molecule is COC(=O)c1ccccc1NC(=O)COc1ccc(C)cc1OC. The molecule has 6 heteroatoms. The van der Waals surface area contributed by atoms with Crippen molar-refractivity contribution in [3.05, 3.63) is 53.6 Å². The van der Waals surface area contributed by atoms with Crippen molar-refractivity contribution < 1.29 is 23.8 Å². The van der Waals surface area contributed by atoms with Crippen molar-refractivity contribution in [2.45, 2.75) is 6.92 Å². The van der Waals surface area contributed by atoms with Gasteiger partial charge in [0, 0.05) is 0 Å². The van der Waals surface area contributed by atoms with E-state index in [0.717, 1.165) is 5.56 Å². The Morgan fingerprint density at radius 3 is 2.50 bits per heavy atom. The van der Waals surface area contributed by atoms with Crippen LogP contribution in [0.2, 0.25) is 0 Å². The molecular formula is C18H19NO5. The van der Waals surface area contributed by atoms with Crippen LogP contribution in [0.4, 0.5) is 5.69 Å². The molecule has 0 atom stereocenters. The highest BCUT2D eigenvalue weighted by molar-refractivity contribution is 6.01. The minimum Gasteiger partial charge on any atom is -0.493 e. The van der Waals surface area contributed by atoms with Crippen LogP contribution in [0.25, 0.3) is 0 Å². The van der Waals surface area contributed by atoms with Gasteiger partial charge in [-0.25, -0.2) is 4.79 Å². The van der Waals surface area contributed by atoms with Gasteiger partial charge in [0.2, 0.25) is 0 Å². The zero-order valence-electron chi connectivity index (χ0n) is 13.8. The number of rotatable bonds is 6. The number of methoxy groups -OCH3 is 2. The van der Waals surface area contributed by atoms with Crippen LogP contribution in [0.3, 0.4) is 0 Å². The third-order valence-electron chi connectivity index (χ3n) is 3.28. The number of aryl methyl sites for hydroxylation is 1. The van der Waals surface area contributed by atoms with E-state index in [1.165, 1.54) is 14.2 Å². The Morgan fingerprint density at radius 1 is 1.04 bits per heavy atom. The van der Waals surface area contributed by atoms with Crippen molar-refractivity contribution in [1.29, 1.82) is 0 Å². The Hall–Kier alpha value is -3.02. The Bertz CT molecular complexity index is 742. The van der Waals surface area contributed by atoms with Crippen LogP contribution >= 0.6 is 0 Å². The molecule has 0 bridgehead atoms. The predicted octanol–water partition coefficient (Wildman–Crippen LogP) is 2.81. The molecule has 0 saturated heterocycles. The number of amides is 1. The minimum atomic E-state index is -0.521. The van der Waals surface area contributed by atoms with Gasteiger partial charge in [0.1, 0.15) is 0 Å². The van der Waals surface area contributed by atoms with Crippen LogP contribution in [-0.4, -0.2) is 32.7 Å². The lowest BCUT2D eigenvalue weighted by Crippen LogP contribution is -2.22. The molecule has 24 heavy (non-hydrogen) atoms. The Balaban J connectivity index is 2.03. The van der Waals surface area contributed by atoms with E-state index < -0.39 is 11.9 Å². The van der Waals surface area contributed by atoms with Crippen molar-refractivity contribution in [2.24, 2.45) is 0 Å². The summed E-state index contributed by atoms with van der Waals surface area (Å²) in [6.45, 7) is 1.72. The summed E-state index contributed by atoms with van der Waals surface area (Å²) >= 11 is 0. The Morgan fingerprint density at radius 2 is 1.79 bits per heavy atom. The molecule has 0 radical (unpaired) electrons. The number of carbonyl (C=O) groups is 2. The lowest BCUT2D eigenvalue weighted by molar-refractivity contribution is -0.118. The third-order valence-corrected chi connectivity index (χ3v) is 3.28. The number of ether oxygens (including phenoxy) is 3. The first-order chi connectivity index (χ1) is 11.5. The Kier molecular flexibility index (Phi) is 5.78. The number of para-hydroxylation sites is 1. The minimum absolute atomic E-state index is 0.213. The number of esters is 1. The molecule has 0 unspecified atom stereocenters. The van der Waals surface area contributed by atoms with Crippen molar-refractivity contribution >= 4 is 17.6 Å². The van der Waals surface area contributed by atoms with Gasteiger partial charge in [-0.15, -0.1) is 0 Å². The number of anilines is 1. The maximum absolute atomic E-state index is 12.1. The quantitative estimate of drug-likeness (QED) is 0.825. The Labute approximate surface area is 140 Å². The fraction of sp³-hybridized carbons (Fsp3) is 0.222. The van der Waals surface area contributed by atoms with E-state index in [0.29, 0.717) is 17.2 Å². The lowest BCUT2D eigenvalue weighted by Gasteiger charge is -2.12. The van der Waals surface area contributed by atoms with Crippen LogP contribution in [0.1, 0.15) is 15.9 Å². The zero-order valence-corrected chi connectivity index (χ0v) is 13.8. The van der Waals surface area contributed by atoms with Crippen LogP contribution in [0, 0.1) is 6.92 Å². The average molecular weight is 329 g/mol.